The zero-order valence-corrected chi connectivity index (χ0v) is 10.6. The molecule has 1 rings (SSSR count). The first-order chi connectivity index (χ1) is 8.13. The molecule has 17 heavy (non-hydrogen) atoms. The molecule has 0 unspecified atom stereocenters. The van der Waals surface area contributed by atoms with Crippen molar-refractivity contribution in [3.63, 3.8) is 0 Å². The Morgan fingerprint density at radius 2 is 2.06 bits per heavy atom. The number of hydrogen-bond donors (Lipinski definition) is 2. The van der Waals surface area contributed by atoms with Gasteiger partial charge >= 0.3 is 12.0 Å². The maximum atomic E-state index is 11.4. The topological polar surface area (TPSA) is 67.4 Å². The van der Waals surface area contributed by atoms with Crippen molar-refractivity contribution in [2.45, 2.75) is 33.1 Å². The number of amides is 2. The predicted octanol–water partition coefficient (Wildman–Crippen LogP) is 1.28. The number of hydrogen-bond acceptors (Lipinski definition) is 3. The van der Waals surface area contributed by atoms with E-state index in [0.717, 1.165) is 5.92 Å². The van der Waals surface area contributed by atoms with Crippen LogP contribution in [0.1, 0.15) is 33.1 Å². The van der Waals surface area contributed by atoms with Gasteiger partial charge in [-0.15, -0.1) is 0 Å². The van der Waals surface area contributed by atoms with E-state index in [4.69, 9.17) is 4.74 Å². The number of ether oxygens (including phenoxy) is 1. The lowest BCUT2D eigenvalue weighted by Gasteiger charge is -2.10. The van der Waals surface area contributed by atoms with Crippen molar-refractivity contribution in [3.8, 4) is 0 Å². The third-order valence-corrected chi connectivity index (χ3v) is 2.90. The van der Waals surface area contributed by atoms with Gasteiger partial charge in [-0.2, -0.15) is 0 Å². The van der Waals surface area contributed by atoms with Crippen molar-refractivity contribution in [1.29, 1.82) is 0 Å². The van der Waals surface area contributed by atoms with Crippen molar-refractivity contribution >= 4 is 12.0 Å². The van der Waals surface area contributed by atoms with Crippen molar-refractivity contribution in [2.24, 2.45) is 11.8 Å². The summed E-state index contributed by atoms with van der Waals surface area (Å²) in [4.78, 5) is 22.4. The molecule has 0 spiro atoms. The van der Waals surface area contributed by atoms with Gasteiger partial charge in [-0.05, 0) is 31.6 Å². The van der Waals surface area contributed by atoms with Crippen LogP contribution in [0, 0.1) is 11.8 Å². The summed E-state index contributed by atoms with van der Waals surface area (Å²) >= 11 is 0. The number of carbonyl (C=O) groups is 2. The van der Waals surface area contributed by atoms with Crippen molar-refractivity contribution in [2.75, 3.05) is 19.7 Å². The number of rotatable bonds is 7. The van der Waals surface area contributed by atoms with Crippen LogP contribution in [-0.4, -0.2) is 31.7 Å². The van der Waals surface area contributed by atoms with Crippen LogP contribution in [0.2, 0.25) is 0 Å². The fourth-order valence-corrected chi connectivity index (χ4v) is 1.71. The summed E-state index contributed by atoms with van der Waals surface area (Å²) in [6.07, 6.45) is 2.98. The molecule has 2 amide bonds. The van der Waals surface area contributed by atoms with Gasteiger partial charge in [0.15, 0.2) is 0 Å². The van der Waals surface area contributed by atoms with E-state index < -0.39 is 0 Å². The zero-order chi connectivity index (χ0) is 12.7. The van der Waals surface area contributed by atoms with E-state index in [1.54, 1.807) is 0 Å². The first-order valence-electron chi connectivity index (χ1n) is 6.30. The molecular weight excluding hydrogens is 220 g/mol. The van der Waals surface area contributed by atoms with Gasteiger partial charge < -0.3 is 15.4 Å². The van der Waals surface area contributed by atoms with Gasteiger partial charge in [0.1, 0.15) is 6.61 Å². The van der Waals surface area contributed by atoms with Crippen molar-refractivity contribution < 1.29 is 14.3 Å². The van der Waals surface area contributed by atoms with E-state index >= 15 is 0 Å². The van der Waals surface area contributed by atoms with Crippen LogP contribution in [0.3, 0.4) is 0 Å². The Labute approximate surface area is 102 Å². The average molecular weight is 242 g/mol. The lowest BCUT2D eigenvalue weighted by atomic mass is 10.0. The normalized spacial score (nSPS) is 16.1. The van der Waals surface area contributed by atoms with Crippen molar-refractivity contribution in [3.05, 3.63) is 0 Å². The second-order valence-corrected chi connectivity index (χ2v) is 4.53. The molecule has 5 heteroatoms. The molecule has 0 saturated heterocycles. The molecule has 0 aliphatic heterocycles. The first kappa shape index (κ1) is 13.8. The highest BCUT2D eigenvalue weighted by Gasteiger charge is 2.29. The molecule has 5 nitrogen and oxygen atoms in total. The second-order valence-electron chi connectivity index (χ2n) is 4.53. The van der Waals surface area contributed by atoms with Gasteiger partial charge in [-0.1, -0.05) is 6.92 Å². The van der Waals surface area contributed by atoms with Crippen LogP contribution in [-0.2, 0) is 9.53 Å². The molecule has 1 fully saturated rings. The summed E-state index contributed by atoms with van der Waals surface area (Å²) in [5.41, 5.74) is 0. The summed E-state index contributed by atoms with van der Waals surface area (Å²) < 4.78 is 5.04. The van der Waals surface area contributed by atoms with Gasteiger partial charge in [0.25, 0.3) is 0 Å². The van der Waals surface area contributed by atoms with Gasteiger partial charge in [0.2, 0.25) is 0 Å². The first-order valence-corrected chi connectivity index (χ1v) is 6.30. The van der Waals surface area contributed by atoms with E-state index in [9.17, 15) is 9.59 Å². The Hall–Kier alpha value is -1.26. The van der Waals surface area contributed by atoms with Gasteiger partial charge in [-0.25, -0.2) is 4.79 Å². The highest BCUT2D eigenvalue weighted by molar-refractivity contribution is 5.73. The van der Waals surface area contributed by atoms with Crippen LogP contribution < -0.4 is 10.6 Å². The minimum atomic E-state index is -0.227. The summed E-state index contributed by atoms with van der Waals surface area (Å²) in [7, 11) is 0. The van der Waals surface area contributed by atoms with E-state index in [2.05, 4.69) is 17.6 Å². The number of esters is 1. The summed E-state index contributed by atoms with van der Waals surface area (Å²) in [6.45, 7) is 5.12. The fraction of sp³-hybridized carbons (Fsp3) is 0.833. The molecule has 1 saturated carbocycles. The van der Waals surface area contributed by atoms with Crippen LogP contribution in [0.4, 0.5) is 4.79 Å². The Bertz CT molecular complexity index is 264. The maximum Gasteiger partial charge on any atom is 0.314 e. The Morgan fingerprint density at radius 3 is 2.65 bits per heavy atom. The zero-order valence-electron chi connectivity index (χ0n) is 10.6. The molecule has 0 heterocycles. The van der Waals surface area contributed by atoms with Crippen LogP contribution in [0.15, 0.2) is 0 Å². The van der Waals surface area contributed by atoms with E-state index in [1.165, 1.54) is 12.8 Å². The highest BCUT2D eigenvalue weighted by atomic mass is 16.5. The number of carbonyl (C=O) groups excluding carboxylic acids is 2. The number of urea groups is 1. The molecule has 0 aromatic heterocycles. The standard InChI is InChI=1S/C12H22N2O3/c1-3-13-12(16)14-6-7-17-11(15)8-9(2)10-4-5-10/h9-10H,3-8H2,1-2H3,(H2,13,14,16)/t9-/m1/s1. The van der Waals surface area contributed by atoms with E-state index in [0.29, 0.717) is 25.4 Å². The Balaban J connectivity index is 1.97. The Kier molecular flexibility index (Phi) is 5.80. The molecular formula is C12H22N2O3. The average Bonchev–Trinajstić information content (AvgIpc) is 3.08. The lowest BCUT2D eigenvalue weighted by molar-refractivity contribution is -0.144. The van der Waals surface area contributed by atoms with E-state index in [-0.39, 0.29) is 18.6 Å². The Morgan fingerprint density at radius 1 is 1.35 bits per heavy atom. The van der Waals surface area contributed by atoms with Crippen LogP contribution >= 0.6 is 0 Å². The number of nitrogens with one attached hydrogen (secondary N) is 2. The largest absolute Gasteiger partial charge is 0.464 e. The summed E-state index contributed by atoms with van der Waals surface area (Å²) in [5, 5.41) is 5.20. The minimum Gasteiger partial charge on any atom is -0.464 e. The molecule has 98 valence electrons. The molecule has 0 aromatic rings. The minimum absolute atomic E-state index is 0.165. The molecule has 1 aliphatic rings. The highest BCUT2D eigenvalue weighted by Crippen LogP contribution is 2.38. The van der Waals surface area contributed by atoms with Gasteiger partial charge in [0.05, 0.1) is 6.54 Å². The SMILES string of the molecule is CCNC(=O)NCCOC(=O)C[C@@H](C)C1CC1. The predicted molar refractivity (Wildman–Crippen MR) is 64.5 cm³/mol. The monoisotopic (exact) mass is 242 g/mol. The summed E-state index contributed by atoms with van der Waals surface area (Å²) in [5.74, 6) is 0.983. The molecule has 0 aromatic carbocycles. The molecule has 1 atom stereocenters. The third-order valence-electron chi connectivity index (χ3n) is 2.90. The van der Waals surface area contributed by atoms with Crippen LogP contribution in [0.25, 0.3) is 0 Å². The molecule has 0 radical (unpaired) electrons. The molecule has 0 bridgehead atoms. The van der Waals surface area contributed by atoms with Gasteiger partial charge in [0, 0.05) is 13.0 Å². The summed E-state index contributed by atoms with van der Waals surface area (Å²) in [6, 6.07) is -0.227. The fourth-order valence-electron chi connectivity index (χ4n) is 1.71. The maximum absolute atomic E-state index is 11.4. The van der Waals surface area contributed by atoms with E-state index in [1.807, 2.05) is 6.92 Å². The quantitative estimate of drug-likeness (QED) is 0.522. The lowest BCUT2D eigenvalue weighted by Crippen LogP contribution is -2.37. The second kappa shape index (κ2) is 7.14. The van der Waals surface area contributed by atoms with Gasteiger partial charge in [-0.3, -0.25) is 4.79 Å². The van der Waals surface area contributed by atoms with Crippen LogP contribution in [0.5, 0.6) is 0 Å². The smallest absolute Gasteiger partial charge is 0.314 e. The third kappa shape index (κ3) is 6.14. The molecule has 2 N–H and O–H groups in total. The molecule has 1 aliphatic carbocycles. The van der Waals surface area contributed by atoms with Crippen molar-refractivity contribution in [1.82, 2.24) is 10.6 Å².